The fraction of sp³-hybridized carbons (Fsp3) is 1.00. The van der Waals surface area contributed by atoms with Gasteiger partial charge in [0.15, 0.2) is 0 Å². The van der Waals surface area contributed by atoms with E-state index >= 15 is 0 Å². The van der Waals surface area contributed by atoms with Crippen LogP contribution in [0.5, 0.6) is 0 Å². The molecule has 0 aliphatic carbocycles. The van der Waals surface area contributed by atoms with E-state index in [2.05, 4.69) is 0 Å². The van der Waals surface area contributed by atoms with Crippen molar-refractivity contribution in [3.63, 3.8) is 0 Å². The van der Waals surface area contributed by atoms with Crippen LogP contribution in [0.15, 0.2) is 0 Å². The van der Waals surface area contributed by atoms with E-state index in [1.807, 2.05) is 0 Å². The Morgan fingerprint density at radius 1 is 1.78 bits per heavy atom. The highest BCUT2D eigenvalue weighted by Crippen LogP contribution is 2.04. The minimum absolute atomic E-state index is 0.236. The van der Waals surface area contributed by atoms with Gasteiger partial charge in [-0.3, -0.25) is 0 Å². The van der Waals surface area contributed by atoms with Gasteiger partial charge in [-0.25, -0.2) is 0 Å². The molecule has 1 rings (SSSR count). The first kappa shape index (κ1) is 6.99. The zero-order chi connectivity index (χ0) is 6.69. The summed E-state index contributed by atoms with van der Waals surface area (Å²) in [5.74, 6) is 0. The highest BCUT2D eigenvalue weighted by atomic mass is 16.6. The van der Waals surface area contributed by atoms with Crippen LogP contribution >= 0.6 is 0 Å². The van der Waals surface area contributed by atoms with E-state index < -0.39 is 0 Å². The Balaban J connectivity index is 1.91. The van der Waals surface area contributed by atoms with Gasteiger partial charge in [0.05, 0.1) is 25.9 Å². The van der Waals surface area contributed by atoms with Gasteiger partial charge in [0.25, 0.3) is 0 Å². The highest BCUT2D eigenvalue weighted by molar-refractivity contribution is 4.64. The fourth-order valence-electron chi connectivity index (χ4n) is 0.586. The first-order valence-electron chi connectivity index (χ1n) is 3.16. The van der Waals surface area contributed by atoms with Crippen LogP contribution in [-0.2, 0) is 9.47 Å². The Morgan fingerprint density at radius 2 is 2.44 bits per heavy atom. The SMILES string of the molecule is C[C@H](O)COC1COC1. The second-order valence-corrected chi connectivity index (χ2v) is 2.34. The van der Waals surface area contributed by atoms with E-state index in [9.17, 15) is 0 Å². The van der Waals surface area contributed by atoms with Gasteiger partial charge in [0, 0.05) is 0 Å². The van der Waals surface area contributed by atoms with Gasteiger partial charge in [-0.2, -0.15) is 0 Å². The Hall–Kier alpha value is -0.120. The molecule has 0 bridgehead atoms. The van der Waals surface area contributed by atoms with Gasteiger partial charge in [-0.05, 0) is 6.92 Å². The maximum atomic E-state index is 8.76. The number of aliphatic hydroxyl groups excluding tert-OH is 1. The molecule has 1 aliphatic heterocycles. The Kier molecular flexibility index (Phi) is 2.45. The average molecular weight is 132 g/mol. The predicted molar refractivity (Wildman–Crippen MR) is 32.2 cm³/mol. The van der Waals surface area contributed by atoms with Crippen LogP contribution in [0.4, 0.5) is 0 Å². The number of hydrogen-bond donors (Lipinski definition) is 1. The van der Waals surface area contributed by atoms with Crippen LogP contribution in [0.3, 0.4) is 0 Å². The van der Waals surface area contributed by atoms with Crippen molar-refractivity contribution in [2.45, 2.75) is 19.1 Å². The molecule has 0 amide bonds. The number of ether oxygens (including phenoxy) is 2. The van der Waals surface area contributed by atoms with Gasteiger partial charge >= 0.3 is 0 Å². The third kappa shape index (κ3) is 2.30. The van der Waals surface area contributed by atoms with Gasteiger partial charge in [0.2, 0.25) is 0 Å². The van der Waals surface area contributed by atoms with Crippen molar-refractivity contribution in [2.24, 2.45) is 0 Å². The Bertz CT molecular complexity index is 78.4. The molecule has 0 aromatic carbocycles. The summed E-state index contributed by atoms with van der Waals surface area (Å²) in [4.78, 5) is 0. The topological polar surface area (TPSA) is 38.7 Å². The van der Waals surface area contributed by atoms with Crippen LogP contribution in [0.2, 0.25) is 0 Å². The minimum Gasteiger partial charge on any atom is -0.391 e. The molecule has 0 spiro atoms. The van der Waals surface area contributed by atoms with Crippen molar-refractivity contribution in [1.82, 2.24) is 0 Å². The second kappa shape index (κ2) is 3.15. The summed E-state index contributed by atoms with van der Waals surface area (Å²) in [6.07, 6.45) is -0.120. The van der Waals surface area contributed by atoms with E-state index in [1.54, 1.807) is 6.92 Å². The van der Waals surface area contributed by atoms with Crippen LogP contribution in [0.25, 0.3) is 0 Å². The molecule has 3 heteroatoms. The van der Waals surface area contributed by atoms with E-state index in [-0.39, 0.29) is 12.2 Å². The lowest BCUT2D eigenvalue weighted by Crippen LogP contribution is -2.37. The summed E-state index contributed by atoms with van der Waals surface area (Å²) < 4.78 is 10.0. The minimum atomic E-state index is -0.356. The molecule has 1 aliphatic rings. The van der Waals surface area contributed by atoms with Crippen LogP contribution in [0, 0.1) is 0 Å². The zero-order valence-electron chi connectivity index (χ0n) is 5.54. The Labute approximate surface area is 54.6 Å². The van der Waals surface area contributed by atoms with E-state index in [0.717, 1.165) is 0 Å². The van der Waals surface area contributed by atoms with Crippen molar-refractivity contribution in [2.75, 3.05) is 19.8 Å². The van der Waals surface area contributed by atoms with Gasteiger partial charge in [0.1, 0.15) is 6.10 Å². The molecular formula is C6H12O3. The molecule has 0 unspecified atom stereocenters. The second-order valence-electron chi connectivity index (χ2n) is 2.34. The van der Waals surface area contributed by atoms with E-state index in [0.29, 0.717) is 19.8 Å². The lowest BCUT2D eigenvalue weighted by molar-refractivity contribution is -0.141. The van der Waals surface area contributed by atoms with Crippen molar-refractivity contribution < 1.29 is 14.6 Å². The first-order valence-corrected chi connectivity index (χ1v) is 3.16. The van der Waals surface area contributed by atoms with E-state index in [1.165, 1.54) is 0 Å². The van der Waals surface area contributed by atoms with Crippen molar-refractivity contribution in [1.29, 1.82) is 0 Å². The molecule has 0 aromatic rings. The Morgan fingerprint density at radius 3 is 2.78 bits per heavy atom. The zero-order valence-corrected chi connectivity index (χ0v) is 5.54. The van der Waals surface area contributed by atoms with Crippen molar-refractivity contribution in [3.8, 4) is 0 Å². The summed E-state index contributed by atoms with van der Waals surface area (Å²) in [5, 5.41) is 8.76. The maximum absolute atomic E-state index is 8.76. The standard InChI is InChI=1S/C6H12O3/c1-5(7)2-9-6-3-8-4-6/h5-7H,2-4H2,1H3/t5-/m0/s1. The molecule has 0 aromatic heterocycles. The monoisotopic (exact) mass is 132 g/mol. The largest absolute Gasteiger partial charge is 0.391 e. The van der Waals surface area contributed by atoms with Crippen molar-refractivity contribution >= 4 is 0 Å². The number of aliphatic hydroxyl groups is 1. The van der Waals surface area contributed by atoms with Crippen LogP contribution < -0.4 is 0 Å². The molecule has 1 atom stereocenters. The number of rotatable bonds is 3. The molecule has 1 saturated heterocycles. The highest BCUT2D eigenvalue weighted by Gasteiger charge is 2.18. The normalized spacial score (nSPS) is 23.3. The fourth-order valence-corrected chi connectivity index (χ4v) is 0.586. The van der Waals surface area contributed by atoms with Gasteiger partial charge in [-0.15, -0.1) is 0 Å². The third-order valence-corrected chi connectivity index (χ3v) is 1.18. The van der Waals surface area contributed by atoms with E-state index in [4.69, 9.17) is 14.6 Å². The third-order valence-electron chi connectivity index (χ3n) is 1.18. The van der Waals surface area contributed by atoms with Crippen LogP contribution in [0.1, 0.15) is 6.92 Å². The van der Waals surface area contributed by atoms with Gasteiger partial charge < -0.3 is 14.6 Å². The summed E-state index contributed by atoms with van der Waals surface area (Å²) in [5.41, 5.74) is 0. The molecule has 54 valence electrons. The van der Waals surface area contributed by atoms with Crippen molar-refractivity contribution in [3.05, 3.63) is 0 Å². The predicted octanol–water partition coefficient (Wildman–Crippen LogP) is -0.217. The molecule has 0 saturated carbocycles. The first-order chi connectivity index (χ1) is 4.29. The van der Waals surface area contributed by atoms with Gasteiger partial charge in [-0.1, -0.05) is 0 Å². The summed E-state index contributed by atoms with van der Waals surface area (Å²) >= 11 is 0. The lowest BCUT2D eigenvalue weighted by Gasteiger charge is -2.26. The molecule has 9 heavy (non-hydrogen) atoms. The molecule has 3 nitrogen and oxygen atoms in total. The summed E-state index contributed by atoms with van der Waals surface area (Å²) in [6, 6.07) is 0. The number of hydrogen-bond acceptors (Lipinski definition) is 3. The lowest BCUT2D eigenvalue weighted by atomic mass is 10.3. The van der Waals surface area contributed by atoms with Crippen LogP contribution in [-0.4, -0.2) is 37.1 Å². The quantitative estimate of drug-likeness (QED) is 0.577. The summed E-state index contributed by atoms with van der Waals surface area (Å²) in [6.45, 7) is 3.51. The molecule has 1 heterocycles. The maximum Gasteiger partial charge on any atom is 0.104 e. The smallest absolute Gasteiger partial charge is 0.104 e. The molecule has 1 fully saturated rings. The molecule has 0 radical (unpaired) electrons. The summed E-state index contributed by atoms with van der Waals surface area (Å²) in [7, 11) is 0. The molecule has 1 N–H and O–H groups in total. The average Bonchev–Trinajstić information content (AvgIpc) is 1.60. The molecular weight excluding hydrogens is 120 g/mol.